The van der Waals surface area contributed by atoms with Crippen LogP contribution in [0.5, 0.6) is 0 Å². The maximum Gasteiger partial charge on any atom is 0.304 e. The number of carboxylic acids is 1. The van der Waals surface area contributed by atoms with Crippen molar-refractivity contribution in [2.45, 2.75) is 25.8 Å². The molecule has 0 saturated carbocycles. The average Bonchev–Trinajstić information content (AvgIpc) is 2.92. The van der Waals surface area contributed by atoms with Crippen LogP contribution in [0.15, 0.2) is 17.5 Å². The number of aliphatic carboxylic acids is 1. The Kier molecular flexibility index (Phi) is 5.36. The summed E-state index contributed by atoms with van der Waals surface area (Å²) in [7, 11) is 0. The Morgan fingerprint density at radius 1 is 1.42 bits per heavy atom. The van der Waals surface area contributed by atoms with Crippen molar-refractivity contribution in [3.8, 4) is 0 Å². The van der Waals surface area contributed by atoms with Gasteiger partial charge in [-0.05, 0) is 17.9 Å². The number of hydrogen-bond acceptors (Lipinski definition) is 4. The van der Waals surface area contributed by atoms with Gasteiger partial charge in [-0.25, -0.2) is 0 Å². The maximum atomic E-state index is 10.6. The van der Waals surface area contributed by atoms with Gasteiger partial charge in [0.1, 0.15) is 0 Å². The highest BCUT2D eigenvalue weighted by Gasteiger charge is 2.24. The van der Waals surface area contributed by atoms with Crippen molar-refractivity contribution in [3.05, 3.63) is 22.4 Å². The van der Waals surface area contributed by atoms with E-state index in [0.29, 0.717) is 12.6 Å². The molecule has 2 heterocycles. The summed E-state index contributed by atoms with van der Waals surface area (Å²) in [6, 6.07) is 4.86. The first-order valence-corrected chi connectivity index (χ1v) is 7.80. The first-order valence-electron chi connectivity index (χ1n) is 6.92. The Hall–Kier alpha value is -0.910. The molecule has 0 radical (unpaired) electrons. The molecule has 1 aliphatic heterocycles. The van der Waals surface area contributed by atoms with E-state index >= 15 is 0 Å². The molecular formula is C14H22N2O2S. The Bertz CT molecular complexity index is 386. The molecule has 4 nitrogen and oxygen atoms in total. The largest absolute Gasteiger partial charge is 0.481 e. The Labute approximate surface area is 118 Å². The summed E-state index contributed by atoms with van der Waals surface area (Å²) in [6.45, 7) is 6.95. The zero-order valence-electron chi connectivity index (χ0n) is 11.4. The Balaban J connectivity index is 1.83. The second-order valence-corrected chi connectivity index (χ2v) is 5.94. The maximum absolute atomic E-state index is 10.6. The van der Waals surface area contributed by atoms with Crippen LogP contribution in [0.3, 0.4) is 0 Å². The highest BCUT2D eigenvalue weighted by atomic mass is 32.1. The molecule has 1 unspecified atom stereocenters. The minimum Gasteiger partial charge on any atom is -0.481 e. The molecule has 0 amide bonds. The van der Waals surface area contributed by atoms with Gasteiger partial charge in [0, 0.05) is 43.6 Å². The van der Waals surface area contributed by atoms with Gasteiger partial charge in [-0.15, -0.1) is 11.3 Å². The van der Waals surface area contributed by atoms with Gasteiger partial charge in [0.05, 0.1) is 6.42 Å². The number of carbonyl (C=O) groups is 1. The minimum absolute atomic E-state index is 0.252. The second kappa shape index (κ2) is 7.03. The number of piperazine rings is 1. The molecule has 1 saturated heterocycles. The van der Waals surface area contributed by atoms with Crippen molar-refractivity contribution in [2.75, 3.05) is 32.7 Å². The lowest BCUT2D eigenvalue weighted by atomic mass is 10.1. The van der Waals surface area contributed by atoms with Gasteiger partial charge in [-0.2, -0.15) is 0 Å². The topological polar surface area (TPSA) is 43.8 Å². The van der Waals surface area contributed by atoms with Crippen LogP contribution in [0.2, 0.25) is 0 Å². The van der Waals surface area contributed by atoms with Crippen LogP contribution in [-0.2, 0) is 4.79 Å². The van der Waals surface area contributed by atoms with Gasteiger partial charge in [0.25, 0.3) is 0 Å². The van der Waals surface area contributed by atoms with E-state index in [9.17, 15) is 4.79 Å². The van der Waals surface area contributed by atoms with Crippen LogP contribution in [0, 0.1) is 0 Å². The fourth-order valence-corrected chi connectivity index (χ4v) is 3.62. The fourth-order valence-electron chi connectivity index (χ4n) is 2.67. The quantitative estimate of drug-likeness (QED) is 0.869. The molecule has 2 rings (SSSR count). The normalized spacial score (nSPS) is 19.4. The molecule has 5 heteroatoms. The zero-order valence-corrected chi connectivity index (χ0v) is 12.2. The molecule has 1 aromatic heterocycles. The van der Waals surface area contributed by atoms with Crippen molar-refractivity contribution in [3.63, 3.8) is 0 Å². The lowest BCUT2D eigenvalue weighted by molar-refractivity contribution is -0.137. The van der Waals surface area contributed by atoms with Gasteiger partial charge < -0.3 is 10.0 Å². The van der Waals surface area contributed by atoms with Crippen molar-refractivity contribution >= 4 is 17.3 Å². The minimum atomic E-state index is -0.701. The second-order valence-electron chi connectivity index (χ2n) is 4.96. The number of thiophene rings is 1. The first-order chi connectivity index (χ1) is 9.20. The van der Waals surface area contributed by atoms with E-state index in [1.54, 1.807) is 0 Å². The Morgan fingerprint density at radius 2 is 2.16 bits per heavy atom. The first kappa shape index (κ1) is 14.5. The highest BCUT2D eigenvalue weighted by molar-refractivity contribution is 7.10. The van der Waals surface area contributed by atoms with E-state index in [4.69, 9.17) is 5.11 Å². The average molecular weight is 282 g/mol. The summed E-state index contributed by atoms with van der Waals surface area (Å²) in [5.74, 6) is -0.701. The van der Waals surface area contributed by atoms with E-state index < -0.39 is 5.97 Å². The smallest absolute Gasteiger partial charge is 0.304 e. The monoisotopic (exact) mass is 282 g/mol. The molecule has 0 aromatic carbocycles. The third-order valence-electron chi connectivity index (χ3n) is 3.75. The lowest BCUT2D eigenvalue weighted by Gasteiger charge is -2.38. The van der Waals surface area contributed by atoms with E-state index in [0.717, 1.165) is 32.6 Å². The van der Waals surface area contributed by atoms with Crippen molar-refractivity contribution in [1.82, 2.24) is 9.80 Å². The van der Waals surface area contributed by atoms with Gasteiger partial charge in [-0.3, -0.25) is 9.69 Å². The molecule has 106 valence electrons. The SMILES string of the molecule is CCC(c1cccs1)N1CCN(CCC(=O)O)CC1. The van der Waals surface area contributed by atoms with Crippen LogP contribution in [-0.4, -0.2) is 53.6 Å². The zero-order chi connectivity index (χ0) is 13.7. The molecule has 19 heavy (non-hydrogen) atoms. The summed E-state index contributed by atoms with van der Waals surface area (Å²) >= 11 is 1.83. The fraction of sp³-hybridized carbons (Fsp3) is 0.643. The van der Waals surface area contributed by atoms with Gasteiger partial charge >= 0.3 is 5.97 Å². The summed E-state index contributed by atoms with van der Waals surface area (Å²) < 4.78 is 0. The molecule has 0 spiro atoms. The predicted molar refractivity (Wildman–Crippen MR) is 77.6 cm³/mol. The molecule has 0 bridgehead atoms. The summed E-state index contributed by atoms with van der Waals surface area (Å²) in [5, 5.41) is 10.9. The standard InChI is InChI=1S/C14H22N2O2S/c1-2-12(13-4-3-11-19-13)16-9-7-15(8-10-16)6-5-14(17)18/h3-4,11-12H,2,5-10H2,1H3,(H,17,18). The third kappa shape index (κ3) is 4.03. The van der Waals surface area contributed by atoms with Crippen molar-refractivity contribution in [1.29, 1.82) is 0 Å². The van der Waals surface area contributed by atoms with Crippen molar-refractivity contribution in [2.24, 2.45) is 0 Å². The highest BCUT2D eigenvalue weighted by Crippen LogP contribution is 2.28. The Morgan fingerprint density at radius 3 is 2.68 bits per heavy atom. The summed E-state index contributed by atoms with van der Waals surface area (Å²) in [6.07, 6.45) is 1.39. The van der Waals surface area contributed by atoms with Gasteiger partial charge in [0.2, 0.25) is 0 Å². The predicted octanol–water partition coefficient (Wildman–Crippen LogP) is 2.29. The van der Waals surface area contributed by atoms with Crippen molar-refractivity contribution < 1.29 is 9.90 Å². The lowest BCUT2D eigenvalue weighted by Crippen LogP contribution is -2.47. The number of carboxylic acid groups (broad SMARTS) is 1. The molecule has 1 fully saturated rings. The molecule has 1 atom stereocenters. The molecule has 1 aliphatic rings. The van der Waals surface area contributed by atoms with Crippen LogP contribution in [0.1, 0.15) is 30.7 Å². The van der Waals surface area contributed by atoms with Crippen LogP contribution >= 0.6 is 11.3 Å². The molecular weight excluding hydrogens is 260 g/mol. The van der Waals surface area contributed by atoms with Gasteiger partial charge in [0.15, 0.2) is 0 Å². The number of rotatable bonds is 6. The molecule has 0 aliphatic carbocycles. The van der Waals surface area contributed by atoms with Crippen LogP contribution < -0.4 is 0 Å². The number of nitrogens with zero attached hydrogens (tertiary/aromatic N) is 2. The van der Waals surface area contributed by atoms with E-state index in [1.807, 2.05) is 11.3 Å². The van der Waals surface area contributed by atoms with Gasteiger partial charge in [-0.1, -0.05) is 13.0 Å². The van der Waals surface area contributed by atoms with E-state index in [2.05, 4.69) is 34.2 Å². The van der Waals surface area contributed by atoms with E-state index in [1.165, 1.54) is 4.88 Å². The number of hydrogen-bond donors (Lipinski definition) is 1. The third-order valence-corrected chi connectivity index (χ3v) is 4.72. The summed E-state index contributed by atoms with van der Waals surface area (Å²) in [5.41, 5.74) is 0. The van der Waals surface area contributed by atoms with Crippen LogP contribution in [0.4, 0.5) is 0 Å². The van der Waals surface area contributed by atoms with E-state index in [-0.39, 0.29) is 6.42 Å². The summed E-state index contributed by atoms with van der Waals surface area (Å²) in [4.78, 5) is 16.8. The molecule has 1 N–H and O–H groups in total. The molecule has 1 aromatic rings. The van der Waals surface area contributed by atoms with Crippen LogP contribution in [0.25, 0.3) is 0 Å².